The maximum atomic E-state index is 12.3. The number of benzene rings is 2. The second-order valence-corrected chi connectivity index (χ2v) is 8.38. The van der Waals surface area contributed by atoms with E-state index in [0.29, 0.717) is 13.1 Å². The number of nitrogens with one attached hydrogen (secondary N) is 4. The van der Waals surface area contributed by atoms with E-state index in [1.807, 2.05) is 24.4 Å². The van der Waals surface area contributed by atoms with E-state index in [1.54, 1.807) is 4.90 Å². The van der Waals surface area contributed by atoms with Gasteiger partial charge in [-0.25, -0.2) is 0 Å². The molecule has 4 N–H and O–H groups in total. The monoisotopic (exact) mass is 412 g/mol. The van der Waals surface area contributed by atoms with E-state index >= 15 is 0 Å². The molecule has 2 heterocycles. The van der Waals surface area contributed by atoms with Crippen LogP contribution in [0, 0.1) is 0 Å². The van der Waals surface area contributed by atoms with Gasteiger partial charge in [-0.05, 0) is 30.2 Å². The van der Waals surface area contributed by atoms with E-state index in [9.17, 15) is 4.79 Å². The molecule has 5 nitrogen and oxygen atoms in total. The Balaban J connectivity index is 1.16. The zero-order chi connectivity index (χ0) is 20.1. The van der Waals surface area contributed by atoms with E-state index in [-0.39, 0.29) is 5.91 Å². The largest absolute Gasteiger partial charge is 0.361 e. The first kappa shape index (κ1) is 20.0. The van der Waals surface area contributed by atoms with Crippen LogP contribution in [-0.2, 0) is 17.8 Å². The van der Waals surface area contributed by atoms with Crippen molar-refractivity contribution in [1.29, 1.82) is 0 Å². The molecular weight excluding hydrogens is 384 g/mol. The van der Waals surface area contributed by atoms with Crippen molar-refractivity contribution in [1.82, 2.24) is 10.3 Å². The highest BCUT2D eigenvalue weighted by Gasteiger charge is 2.24. The lowest BCUT2D eigenvalue weighted by molar-refractivity contribution is -1.02. The molecule has 1 aliphatic heterocycles. The summed E-state index contributed by atoms with van der Waals surface area (Å²) < 4.78 is 0. The van der Waals surface area contributed by atoms with Crippen LogP contribution < -0.4 is 15.1 Å². The van der Waals surface area contributed by atoms with Crippen molar-refractivity contribution in [3.63, 3.8) is 0 Å². The Labute approximate surface area is 176 Å². The maximum Gasteiger partial charge on any atom is 0.275 e. The molecule has 6 heteroatoms. The van der Waals surface area contributed by atoms with E-state index in [0.717, 1.165) is 49.7 Å². The normalized spacial score (nSPS) is 19.3. The first-order valence-electron chi connectivity index (χ1n) is 10.4. The van der Waals surface area contributed by atoms with Crippen molar-refractivity contribution in [2.75, 3.05) is 39.3 Å². The molecule has 3 aromatic rings. The fraction of sp³-hybridized carbons (Fsp3) is 0.348. The molecular formula is C23H29ClN4O+2. The molecule has 0 saturated carbocycles. The Bertz CT molecular complexity index is 945. The number of piperazine rings is 1. The second-order valence-electron chi connectivity index (χ2n) is 7.94. The molecule has 1 aliphatic rings. The number of carbonyl (C=O) groups excluding carboxylic acids is 1. The summed E-state index contributed by atoms with van der Waals surface area (Å²) in [5.74, 6) is 0.154. The molecule has 1 saturated heterocycles. The maximum absolute atomic E-state index is 12.3. The summed E-state index contributed by atoms with van der Waals surface area (Å²) in [6.07, 6.45) is 2.90. The van der Waals surface area contributed by atoms with Crippen molar-refractivity contribution in [3.05, 3.63) is 70.9 Å². The molecule has 0 spiro atoms. The summed E-state index contributed by atoms with van der Waals surface area (Å²) in [5.41, 5.74) is 3.73. The molecule has 29 heavy (non-hydrogen) atoms. The van der Waals surface area contributed by atoms with Gasteiger partial charge in [0.2, 0.25) is 0 Å². The number of hydrogen-bond acceptors (Lipinski definition) is 1. The third-order valence-electron chi connectivity index (χ3n) is 5.83. The summed E-state index contributed by atoms with van der Waals surface area (Å²) in [5, 5.41) is 5.12. The summed E-state index contributed by atoms with van der Waals surface area (Å²) in [7, 11) is 0. The average molecular weight is 413 g/mol. The van der Waals surface area contributed by atoms with E-state index in [2.05, 4.69) is 40.6 Å². The van der Waals surface area contributed by atoms with Crippen LogP contribution in [0.25, 0.3) is 10.9 Å². The van der Waals surface area contributed by atoms with Gasteiger partial charge in [0.05, 0.1) is 0 Å². The molecule has 1 fully saturated rings. The topological polar surface area (TPSA) is 53.8 Å². The van der Waals surface area contributed by atoms with Crippen LogP contribution in [0.2, 0.25) is 5.02 Å². The molecule has 1 amide bonds. The van der Waals surface area contributed by atoms with E-state index < -0.39 is 0 Å². The fourth-order valence-electron chi connectivity index (χ4n) is 4.17. The minimum absolute atomic E-state index is 0.154. The van der Waals surface area contributed by atoms with Crippen LogP contribution in [0.1, 0.15) is 11.1 Å². The molecule has 1 aromatic heterocycles. The first-order chi connectivity index (χ1) is 14.2. The van der Waals surface area contributed by atoms with Crippen LogP contribution in [0.5, 0.6) is 0 Å². The van der Waals surface area contributed by atoms with Crippen LogP contribution >= 0.6 is 11.6 Å². The van der Waals surface area contributed by atoms with Gasteiger partial charge in [-0.15, -0.1) is 0 Å². The number of rotatable bonds is 7. The van der Waals surface area contributed by atoms with E-state index in [1.165, 1.54) is 21.4 Å². The Hall–Kier alpha value is -2.34. The van der Waals surface area contributed by atoms with Gasteiger partial charge in [0.15, 0.2) is 6.54 Å². The lowest BCUT2D eigenvalue weighted by atomic mass is 10.1. The number of carbonyl (C=O) groups is 1. The number of halogens is 1. The number of aromatic amines is 1. The van der Waals surface area contributed by atoms with Crippen molar-refractivity contribution in [2.24, 2.45) is 0 Å². The quantitative estimate of drug-likeness (QED) is 0.448. The lowest BCUT2D eigenvalue weighted by Crippen LogP contribution is -3.28. The van der Waals surface area contributed by atoms with Gasteiger partial charge in [-0.1, -0.05) is 41.9 Å². The third-order valence-corrected chi connectivity index (χ3v) is 6.09. The Morgan fingerprint density at radius 1 is 1.00 bits per heavy atom. The van der Waals surface area contributed by atoms with Gasteiger partial charge in [-0.3, -0.25) is 4.79 Å². The highest BCUT2D eigenvalue weighted by atomic mass is 35.5. The summed E-state index contributed by atoms with van der Waals surface area (Å²) >= 11 is 5.96. The van der Waals surface area contributed by atoms with Gasteiger partial charge in [0.25, 0.3) is 5.91 Å². The predicted molar refractivity (Wildman–Crippen MR) is 116 cm³/mol. The Morgan fingerprint density at radius 3 is 2.52 bits per heavy atom. The first-order valence-corrected chi connectivity index (χ1v) is 10.8. The van der Waals surface area contributed by atoms with Gasteiger partial charge < -0.3 is 20.1 Å². The molecule has 0 aliphatic carbocycles. The molecule has 152 valence electrons. The fourth-order valence-corrected chi connectivity index (χ4v) is 4.29. The van der Waals surface area contributed by atoms with Crippen LogP contribution in [0.3, 0.4) is 0 Å². The van der Waals surface area contributed by atoms with Gasteiger partial charge in [0, 0.05) is 34.2 Å². The number of fused-ring (bicyclic) bond motifs is 1. The standard InChI is InChI=1S/C23H27ClN4O/c24-20-7-5-18(6-8-20)16-27-11-13-28(14-12-27)17-23(29)25-10-9-19-15-26-22-4-2-1-3-21(19)22/h1-8,15,26H,9-14,16-17H2,(H,25,29)/p+2. The highest BCUT2D eigenvalue weighted by molar-refractivity contribution is 6.30. The van der Waals surface area contributed by atoms with Gasteiger partial charge in [0.1, 0.15) is 32.7 Å². The zero-order valence-corrected chi connectivity index (χ0v) is 17.4. The third kappa shape index (κ3) is 5.38. The van der Waals surface area contributed by atoms with Crippen molar-refractivity contribution < 1.29 is 14.6 Å². The minimum atomic E-state index is 0.154. The highest BCUT2D eigenvalue weighted by Crippen LogP contribution is 2.17. The van der Waals surface area contributed by atoms with Gasteiger partial charge >= 0.3 is 0 Å². The molecule has 0 radical (unpaired) electrons. The molecule has 0 unspecified atom stereocenters. The zero-order valence-electron chi connectivity index (χ0n) is 16.6. The number of quaternary nitrogens is 2. The van der Waals surface area contributed by atoms with Crippen molar-refractivity contribution >= 4 is 28.4 Å². The number of aromatic nitrogens is 1. The molecule has 4 rings (SSSR count). The van der Waals surface area contributed by atoms with Crippen molar-refractivity contribution in [2.45, 2.75) is 13.0 Å². The summed E-state index contributed by atoms with van der Waals surface area (Å²) in [6, 6.07) is 16.4. The lowest BCUT2D eigenvalue weighted by Gasteiger charge is -2.29. The van der Waals surface area contributed by atoms with Crippen LogP contribution in [-0.4, -0.2) is 50.2 Å². The van der Waals surface area contributed by atoms with Crippen LogP contribution in [0.4, 0.5) is 0 Å². The van der Waals surface area contributed by atoms with Crippen molar-refractivity contribution in [3.8, 4) is 0 Å². The predicted octanol–water partition coefficient (Wildman–Crippen LogP) is 0.464. The number of H-pyrrole nitrogens is 1. The summed E-state index contributed by atoms with van der Waals surface area (Å²) in [6.45, 7) is 6.56. The Kier molecular flexibility index (Phi) is 6.49. The second kappa shape index (κ2) is 9.44. The smallest absolute Gasteiger partial charge is 0.275 e. The van der Waals surface area contributed by atoms with Gasteiger partial charge in [-0.2, -0.15) is 0 Å². The minimum Gasteiger partial charge on any atom is -0.361 e. The average Bonchev–Trinajstić information content (AvgIpc) is 3.14. The SMILES string of the molecule is O=C(C[NH+]1CC[NH+](Cc2ccc(Cl)cc2)CC1)NCCc1c[nH]c2ccccc12. The Morgan fingerprint density at radius 2 is 1.72 bits per heavy atom. The number of para-hydroxylation sites is 1. The molecule has 0 atom stereocenters. The molecule has 0 bridgehead atoms. The van der Waals surface area contributed by atoms with Crippen LogP contribution in [0.15, 0.2) is 54.7 Å². The number of hydrogen-bond donors (Lipinski definition) is 4. The molecule has 2 aromatic carbocycles. The number of amides is 1. The summed E-state index contributed by atoms with van der Waals surface area (Å²) in [4.78, 5) is 18.6. The van der Waals surface area contributed by atoms with E-state index in [4.69, 9.17) is 11.6 Å².